The lowest BCUT2D eigenvalue weighted by Crippen LogP contribution is -2.56. The molecule has 2 amide bonds. The van der Waals surface area contributed by atoms with Crippen LogP contribution in [0.5, 0.6) is 0 Å². The largest absolute Gasteiger partial charge is 0.352 e. The van der Waals surface area contributed by atoms with Gasteiger partial charge in [0.2, 0.25) is 5.91 Å². The number of benzene rings is 1. The van der Waals surface area contributed by atoms with Crippen LogP contribution in [0.3, 0.4) is 0 Å². The normalized spacial score (nSPS) is 30.3. The number of nitrogens with zero attached hydrogens (tertiary/aromatic N) is 1. The minimum absolute atomic E-state index is 0.0255. The van der Waals surface area contributed by atoms with Gasteiger partial charge in [0.15, 0.2) is 0 Å². The van der Waals surface area contributed by atoms with Crippen LogP contribution in [0.15, 0.2) is 29.4 Å². The van der Waals surface area contributed by atoms with Crippen LogP contribution < -0.4 is 10.7 Å². The van der Waals surface area contributed by atoms with E-state index in [0.29, 0.717) is 29.2 Å². The molecular weight excluding hydrogens is 374 g/mol. The molecule has 0 heterocycles. The molecule has 5 rings (SSSR count). The van der Waals surface area contributed by atoms with Gasteiger partial charge in [-0.15, -0.1) is 0 Å². The van der Waals surface area contributed by atoms with Crippen molar-refractivity contribution in [1.29, 1.82) is 0 Å². The fraction of sp³-hybridized carbons (Fsp3) is 0.640. The Hall–Kier alpha value is -2.17. The van der Waals surface area contributed by atoms with Gasteiger partial charge in [-0.3, -0.25) is 9.59 Å². The third-order valence-corrected chi connectivity index (χ3v) is 7.33. The summed E-state index contributed by atoms with van der Waals surface area (Å²) < 4.78 is 0. The molecule has 0 unspecified atom stereocenters. The fourth-order valence-corrected chi connectivity index (χ4v) is 6.00. The second-order valence-corrected chi connectivity index (χ2v) is 10.8. The average Bonchev–Trinajstić information content (AvgIpc) is 2.68. The van der Waals surface area contributed by atoms with E-state index >= 15 is 0 Å². The van der Waals surface area contributed by atoms with Crippen LogP contribution in [0.2, 0.25) is 0 Å². The molecule has 2 N–H and O–H groups in total. The number of hydrogen-bond donors (Lipinski definition) is 2. The second-order valence-electron chi connectivity index (χ2n) is 10.8. The highest BCUT2D eigenvalue weighted by atomic mass is 16.2. The lowest BCUT2D eigenvalue weighted by atomic mass is 9.54. The summed E-state index contributed by atoms with van der Waals surface area (Å²) in [6.45, 7) is 8.22. The molecule has 0 atom stereocenters. The fourth-order valence-electron chi connectivity index (χ4n) is 6.00. The summed E-state index contributed by atoms with van der Waals surface area (Å²) in [5.74, 6) is 2.90. The minimum atomic E-state index is -0.253. The van der Waals surface area contributed by atoms with Gasteiger partial charge >= 0.3 is 0 Å². The molecular formula is C25H35N3O2. The Kier molecular flexibility index (Phi) is 5.73. The van der Waals surface area contributed by atoms with E-state index in [1.165, 1.54) is 37.7 Å². The Balaban J connectivity index is 1.28. The summed E-state index contributed by atoms with van der Waals surface area (Å²) in [4.78, 5) is 24.9. The summed E-state index contributed by atoms with van der Waals surface area (Å²) in [6, 6.07) is 7.93. The van der Waals surface area contributed by atoms with Crippen LogP contribution >= 0.6 is 0 Å². The maximum absolute atomic E-state index is 12.6. The first-order chi connectivity index (χ1) is 14.2. The van der Waals surface area contributed by atoms with Gasteiger partial charge in [0.1, 0.15) is 0 Å². The highest BCUT2D eigenvalue weighted by Gasteiger charge is 2.48. The molecule has 5 nitrogen and oxygen atoms in total. The van der Waals surface area contributed by atoms with Gasteiger partial charge in [0.05, 0.1) is 6.42 Å². The van der Waals surface area contributed by atoms with Crippen molar-refractivity contribution < 1.29 is 9.59 Å². The molecule has 0 aliphatic heterocycles. The van der Waals surface area contributed by atoms with Crippen LogP contribution in [0, 0.1) is 23.7 Å². The van der Waals surface area contributed by atoms with Gasteiger partial charge in [-0.05, 0) is 85.8 Å². The average molecular weight is 410 g/mol. The molecule has 0 spiro atoms. The summed E-state index contributed by atoms with van der Waals surface area (Å²) in [5, 5.41) is 7.45. The standard InChI is InChI=1S/C25H35N3O2/c1-15(27-28-24(30)18-5-7-21(8-6-18)25(2,3)4)9-22(29)26-23-19-11-16-10-17(13-19)14-20(23)12-16/h5-8,16-17,19-20,23H,9-14H2,1-4H3,(H,26,29)(H,28,30). The predicted molar refractivity (Wildman–Crippen MR) is 119 cm³/mol. The van der Waals surface area contributed by atoms with Crippen molar-refractivity contribution in [2.45, 2.75) is 77.7 Å². The van der Waals surface area contributed by atoms with E-state index in [9.17, 15) is 9.59 Å². The molecule has 4 aliphatic carbocycles. The van der Waals surface area contributed by atoms with Crippen molar-refractivity contribution in [3.63, 3.8) is 0 Å². The van der Waals surface area contributed by atoms with Crippen molar-refractivity contribution in [1.82, 2.24) is 10.7 Å². The predicted octanol–water partition coefficient (Wildman–Crippen LogP) is 4.42. The quantitative estimate of drug-likeness (QED) is 0.558. The molecule has 4 aliphatic rings. The lowest BCUT2D eigenvalue weighted by Gasteiger charge is -2.54. The molecule has 1 aromatic carbocycles. The minimum Gasteiger partial charge on any atom is -0.352 e. The molecule has 0 saturated heterocycles. The van der Waals surface area contributed by atoms with Crippen LogP contribution in [-0.4, -0.2) is 23.6 Å². The highest BCUT2D eigenvalue weighted by Crippen LogP contribution is 2.53. The Morgan fingerprint density at radius 3 is 2.07 bits per heavy atom. The van der Waals surface area contributed by atoms with Gasteiger partial charge in [-0.2, -0.15) is 5.10 Å². The van der Waals surface area contributed by atoms with E-state index in [4.69, 9.17) is 0 Å². The van der Waals surface area contributed by atoms with E-state index in [2.05, 4.69) is 36.6 Å². The number of nitrogens with one attached hydrogen (secondary N) is 2. The van der Waals surface area contributed by atoms with Gasteiger partial charge < -0.3 is 5.32 Å². The van der Waals surface area contributed by atoms with E-state index in [1.54, 1.807) is 6.92 Å². The van der Waals surface area contributed by atoms with E-state index < -0.39 is 0 Å². The first-order valence-electron chi connectivity index (χ1n) is 11.4. The number of carbonyl (C=O) groups excluding carboxylic acids is 2. The zero-order valence-corrected chi connectivity index (χ0v) is 18.7. The molecule has 4 bridgehead atoms. The maximum atomic E-state index is 12.6. The van der Waals surface area contributed by atoms with Crippen LogP contribution in [-0.2, 0) is 10.2 Å². The third kappa shape index (κ3) is 4.60. The molecule has 4 saturated carbocycles. The number of amides is 2. The molecule has 0 aromatic heterocycles. The van der Waals surface area contributed by atoms with Crippen LogP contribution in [0.25, 0.3) is 0 Å². The van der Waals surface area contributed by atoms with E-state index in [-0.39, 0.29) is 23.7 Å². The summed E-state index contributed by atoms with van der Waals surface area (Å²) in [7, 11) is 0. The van der Waals surface area contributed by atoms with Crippen molar-refractivity contribution in [2.75, 3.05) is 0 Å². The number of hydrogen-bond acceptors (Lipinski definition) is 3. The van der Waals surface area contributed by atoms with E-state index in [0.717, 1.165) is 11.8 Å². The molecule has 162 valence electrons. The van der Waals surface area contributed by atoms with Crippen molar-refractivity contribution in [2.24, 2.45) is 28.8 Å². The molecule has 30 heavy (non-hydrogen) atoms. The van der Waals surface area contributed by atoms with Gasteiger partial charge in [-0.1, -0.05) is 32.9 Å². The molecule has 0 radical (unpaired) electrons. The zero-order chi connectivity index (χ0) is 21.5. The second kappa shape index (κ2) is 8.16. The first-order valence-corrected chi connectivity index (χ1v) is 11.4. The summed E-state index contributed by atoms with van der Waals surface area (Å²) in [6.07, 6.45) is 6.79. The maximum Gasteiger partial charge on any atom is 0.271 e. The molecule has 1 aromatic rings. The summed E-state index contributed by atoms with van der Waals surface area (Å²) in [5.41, 5.74) is 5.01. The smallest absolute Gasteiger partial charge is 0.271 e. The highest BCUT2D eigenvalue weighted by molar-refractivity contribution is 6.01. The van der Waals surface area contributed by atoms with Gasteiger partial charge in [0, 0.05) is 17.3 Å². The number of rotatable bonds is 5. The Labute approximate surface area is 180 Å². The molecule has 4 fully saturated rings. The zero-order valence-electron chi connectivity index (χ0n) is 18.7. The van der Waals surface area contributed by atoms with Gasteiger partial charge in [0.25, 0.3) is 5.91 Å². The Bertz CT molecular complexity index is 807. The number of carbonyl (C=O) groups is 2. The Morgan fingerprint density at radius 2 is 1.53 bits per heavy atom. The van der Waals surface area contributed by atoms with Gasteiger partial charge in [-0.25, -0.2) is 5.43 Å². The third-order valence-electron chi connectivity index (χ3n) is 7.33. The molecule has 5 heteroatoms. The SMILES string of the molecule is CC(CC(=O)NC1C2CC3CC(C2)CC1C3)=NNC(=O)c1ccc(C(C)(C)C)cc1. The Morgan fingerprint density at radius 1 is 0.967 bits per heavy atom. The lowest BCUT2D eigenvalue weighted by molar-refractivity contribution is -0.123. The summed E-state index contributed by atoms with van der Waals surface area (Å²) >= 11 is 0. The van der Waals surface area contributed by atoms with Crippen LogP contribution in [0.1, 0.15) is 82.1 Å². The monoisotopic (exact) mass is 409 g/mol. The number of hydrazone groups is 1. The van der Waals surface area contributed by atoms with Crippen molar-refractivity contribution in [3.8, 4) is 0 Å². The van der Waals surface area contributed by atoms with Crippen molar-refractivity contribution >= 4 is 17.5 Å². The van der Waals surface area contributed by atoms with E-state index in [1.807, 2.05) is 24.3 Å². The topological polar surface area (TPSA) is 70.6 Å². The van der Waals surface area contributed by atoms with Crippen LogP contribution in [0.4, 0.5) is 0 Å². The first kappa shape index (κ1) is 21.1. The van der Waals surface area contributed by atoms with Crippen molar-refractivity contribution in [3.05, 3.63) is 35.4 Å².